The van der Waals surface area contributed by atoms with Crippen molar-refractivity contribution in [2.24, 2.45) is 0 Å². The van der Waals surface area contributed by atoms with Crippen molar-refractivity contribution in [3.05, 3.63) is 11.1 Å². The van der Waals surface area contributed by atoms with Gasteiger partial charge in [-0.1, -0.05) is 5.57 Å². The van der Waals surface area contributed by atoms with E-state index in [1.807, 2.05) is 0 Å². The third-order valence-electron chi connectivity index (χ3n) is 1.41. The summed E-state index contributed by atoms with van der Waals surface area (Å²) in [5.41, 5.74) is 0.866. The van der Waals surface area contributed by atoms with Crippen molar-refractivity contribution in [3.63, 3.8) is 0 Å². The topological polar surface area (TPSA) is 0 Å². The molecular weight excluding hydrogens is 122 g/mol. The van der Waals surface area contributed by atoms with Crippen molar-refractivity contribution >= 4 is 0 Å². The average molecular weight is 134 g/mol. The lowest BCUT2D eigenvalue weighted by Gasteiger charge is -2.11. The molecule has 9 heavy (non-hydrogen) atoms. The van der Waals surface area contributed by atoms with Gasteiger partial charge in [-0.3, -0.25) is 0 Å². The van der Waals surface area contributed by atoms with E-state index in [1.54, 1.807) is 13.8 Å². The van der Waals surface area contributed by atoms with Gasteiger partial charge in [0.05, 0.1) is 0 Å². The van der Waals surface area contributed by atoms with E-state index in [0.717, 1.165) is 6.92 Å². The lowest BCUT2D eigenvalue weighted by atomic mass is 10.1. The van der Waals surface area contributed by atoms with Gasteiger partial charge in [0.1, 0.15) is 0 Å². The number of rotatable bonds is 1. The maximum absolute atomic E-state index is 12.3. The second kappa shape index (κ2) is 2.46. The standard InChI is InChI=1S/C7H12F2/c1-5(2)6(3)7(4,8)9/h1-4H3. The summed E-state index contributed by atoms with van der Waals surface area (Å²) in [6.07, 6.45) is 0. The molecule has 0 aliphatic rings. The number of alkyl halides is 2. The van der Waals surface area contributed by atoms with Gasteiger partial charge in [-0.15, -0.1) is 0 Å². The fourth-order valence-electron chi connectivity index (χ4n) is 0.439. The SMILES string of the molecule is CC(C)=C(C)C(C)(F)F. The van der Waals surface area contributed by atoms with Crippen molar-refractivity contribution in [2.45, 2.75) is 33.6 Å². The van der Waals surface area contributed by atoms with Gasteiger partial charge in [0.15, 0.2) is 0 Å². The minimum absolute atomic E-state index is 0.169. The zero-order valence-corrected chi connectivity index (χ0v) is 6.26. The molecule has 0 saturated carbocycles. The Morgan fingerprint density at radius 1 is 1.11 bits per heavy atom. The minimum atomic E-state index is -2.64. The van der Waals surface area contributed by atoms with Crippen LogP contribution in [-0.2, 0) is 0 Å². The Kier molecular flexibility index (Phi) is 2.35. The Morgan fingerprint density at radius 3 is 1.44 bits per heavy atom. The van der Waals surface area contributed by atoms with Crippen LogP contribution in [0.3, 0.4) is 0 Å². The summed E-state index contributed by atoms with van der Waals surface area (Å²) in [5, 5.41) is 0. The molecule has 0 fully saturated rings. The van der Waals surface area contributed by atoms with Crippen molar-refractivity contribution < 1.29 is 8.78 Å². The Labute approximate surface area is 54.6 Å². The quantitative estimate of drug-likeness (QED) is 0.483. The molecule has 0 atom stereocenters. The molecule has 0 aromatic carbocycles. The smallest absolute Gasteiger partial charge is 0.202 e. The van der Waals surface area contributed by atoms with E-state index in [0.29, 0.717) is 5.57 Å². The maximum Gasteiger partial charge on any atom is 0.266 e. The number of hydrogen-bond donors (Lipinski definition) is 0. The Morgan fingerprint density at radius 2 is 1.44 bits per heavy atom. The fraction of sp³-hybridized carbons (Fsp3) is 0.714. The summed E-state index contributed by atoms with van der Waals surface area (Å²) >= 11 is 0. The molecule has 0 unspecified atom stereocenters. The lowest BCUT2D eigenvalue weighted by Crippen LogP contribution is -2.12. The first-order chi connectivity index (χ1) is 3.85. The summed E-state index contributed by atoms with van der Waals surface area (Å²) < 4.78 is 24.6. The van der Waals surface area contributed by atoms with Gasteiger partial charge in [0.2, 0.25) is 0 Å². The molecule has 0 bridgehead atoms. The molecule has 2 heteroatoms. The van der Waals surface area contributed by atoms with Crippen LogP contribution in [0.4, 0.5) is 8.78 Å². The molecule has 0 aliphatic carbocycles. The fourth-order valence-corrected chi connectivity index (χ4v) is 0.439. The summed E-state index contributed by atoms with van der Waals surface area (Å²) in [7, 11) is 0. The molecule has 0 radical (unpaired) electrons. The van der Waals surface area contributed by atoms with E-state index < -0.39 is 5.92 Å². The third-order valence-corrected chi connectivity index (χ3v) is 1.41. The number of hydrogen-bond acceptors (Lipinski definition) is 0. The normalized spacial score (nSPS) is 11.3. The van der Waals surface area contributed by atoms with Crippen LogP contribution in [0, 0.1) is 0 Å². The van der Waals surface area contributed by atoms with E-state index in [2.05, 4.69) is 0 Å². The first kappa shape index (κ1) is 8.60. The minimum Gasteiger partial charge on any atom is -0.202 e. The van der Waals surface area contributed by atoms with Crippen LogP contribution in [0.15, 0.2) is 11.1 Å². The van der Waals surface area contributed by atoms with Crippen molar-refractivity contribution in [1.29, 1.82) is 0 Å². The highest BCUT2D eigenvalue weighted by Gasteiger charge is 2.23. The molecule has 0 aliphatic heterocycles. The van der Waals surface area contributed by atoms with Gasteiger partial charge >= 0.3 is 0 Å². The largest absolute Gasteiger partial charge is 0.266 e. The zero-order chi connectivity index (χ0) is 7.65. The molecular formula is C7H12F2. The van der Waals surface area contributed by atoms with Crippen LogP contribution in [0.25, 0.3) is 0 Å². The van der Waals surface area contributed by atoms with Crippen LogP contribution in [0.2, 0.25) is 0 Å². The molecule has 54 valence electrons. The third kappa shape index (κ3) is 2.59. The number of allylic oxidation sites excluding steroid dienone is 2. The number of halogens is 2. The highest BCUT2D eigenvalue weighted by molar-refractivity contribution is 5.14. The molecule has 0 heterocycles. The highest BCUT2D eigenvalue weighted by Crippen LogP contribution is 2.24. The summed E-state index contributed by atoms with van der Waals surface area (Å²) in [4.78, 5) is 0. The van der Waals surface area contributed by atoms with E-state index >= 15 is 0 Å². The molecule has 0 aromatic heterocycles. The van der Waals surface area contributed by atoms with E-state index in [9.17, 15) is 8.78 Å². The van der Waals surface area contributed by atoms with Gasteiger partial charge in [-0.05, 0) is 26.3 Å². The van der Waals surface area contributed by atoms with Crippen LogP contribution >= 0.6 is 0 Å². The average Bonchev–Trinajstić information content (AvgIpc) is 1.62. The van der Waals surface area contributed by atoms with Crippen molar-refractivity contribution in [1.82, 2.24) is 0 Å². The van der Waals surface area contributed by atoms with Crippen LogP contribution in [0.1, 0.15) is 27.7 Å². The van der Waals surface area contributed by atoms with Crippen LogP contribution in [-0.4, -0.2) is 5.92 Å². The molecule has 0 saturated heterocycles. The van der Waals surface area contributed by atoms with Gasteiger partial charge < -0.3 is 0 Å². The summed E-state index contributed by atoms with van der Waals surface area (Å²) in [6.45, 7) is 5.74. The summed E-state index contributed by atoms with van der Waals surface area (Å²) in [6, 6.07) is 0. The molecule has 0 rings (SSSR count). The second-order valence-corrected chi connectivity index (χ2v) is 2.51. The first-order valence-corrected chi connectivity index (χ1v) is 2.88. The lowest BCUT2D eigenvalue weighted by molar-refractivity contribution is 0.0624. The van der Waals surface area contributed by atoms with Crippen LogP contribution in [0.5, 0.6) is 0 Å². The highest BCUT2D eigenvalue weighted by atomic mass is 19.3. The van der Waals surface area contributed by atoms with Crippen molar-refractivity contribution in [3.8, 4) is 0 Å². The van der Waals surface area contributed by atoms with E-state index in [4.69, 9.17) is 0 Å². The molecule has 0 aromatic rings. The first-order valence-electron chi connectivity index (χ1n) is 2.88. The van der Waals surface area contributed by atoms with Gasteiger partial charge in [-0.2, -0.15) is 0 Å². The van der Waals surface area contributed by atoms with Gasteiger partial charge in [0, 0.05) is 6.92 Å². The Bertz CT molecular complexity index is 124. The zero-order valence-electron chi connectivity index (χ0n) is 6.26. The predicted molar refractivity (Wildman–Crippen MR) is 34.7 cm³/mol. The van der Waals surface area contributed by atoms with Gasteiger partial charge in [0.25, 0.3) is 5.92 Å². The summed E-state index contributed by atoms with van der Waals surface area (Å²) in [5.74, 6) is -2.64. The van der Waals surface area contributed by atoms with Gasteiger partial charge in [-0.25, -0.2) is 8.78 Å². The van der Waals surface area contributed by atoms with E-state index in [-0.39, 0.29) is 5.57 Å². The molecule has 0 nitrogen and oxygen atoms in total. The predicted octanol–water partition coefficient (Wildman–Crippen LogP) is 3.00. The molecule has 0 N–H and O–H groups in total. The molecule has 0 amide bonds. The second-order valence-electron chi connectivity index (χ2n) is 2.51. The monoisotopic (exact) mass is 134 g/mol. The van der Waals surface area contributed by atoms with Crippen LogP contribution < -0.4 is 0 Å². The Balaban J connectivity index is 4.40. The Hall–Kier alpha value is -0.400. The maximum atomic E-state index is 12.3. The molecule has 0 spiro atoms. The van der Waals surface area contributed by atoms with Crippen molar-refractivity contribution in [2.75, 3.05) is 0 Å². The van der Waals surface area contributed by atoms with E-state index in [1.165, 1.54) is 6.92 Å².